The summed E-state index contributed by atoms with van der Waals surface area (Å²) in [6.07, 6.45) is 0. The molecule has 0 saturated carbocycles. The number of rotatable bonds is 4. The minimum absolute atomic E-state index is 0.652. The third kappa shape index (κ3) is 2.91. The Hall–Kier alpha value is -2.11. The molecule has 0 bridgehead atoms. The van der Waals surface area contributed by atoms with Crippen molar-refractivity contribution in [3.8, 4) is 28.0 Å². The van der Waals surface area contributed by atoms with Gasteiger partial charge in [0.15, 0.2) is 0 Å². The molecule has 3 rings (SSSR count). The molecule has 0 spiro atoms. The second kappa shape index (κ2) is 6.77. The number of hydrogen-bond acceptors (Lipinski definition) is 1. The van der Waals surface area contributed by atoms with E-state index < -0.39 is 0 Å². The zero-order chi connectivity index (χ0) is 15.4. The van der Waals surface area contributed by atoms with Crippen molar-refractivity contribution < 1.29 is 4.74 Å². The smallest absolute Gasteiger partial charge is 0.134 e. The Morgan fingerprint density at radius 1 is 0.773 bits per heavy atom. The van der Waals surface area contributed by atoms with Gasteiger partial charge in [0.2, 0.25) is 0 Å². The summed E-state index contributed by atoms with van der Waals surface area (Å²) in [5.74, 6) is 0.944. The molecule has 0 aliphatic carbocycles. The lowest BCUT2D eigenvalue weighted by atomic mass is 9.93. The van der Waals surface area contributed by atoms with E-state index in [2.05, 4.69) is 69.9 Å². The van der Waals surface area contributed by atoms with Gasteiger partial charge in [0.25, 0.3) is 0 Å². The van der Waals surface area contributed by atoms with Crippen LogP contribution < -0.4 is 10.0 Å². The van der Waals surface area contributed by atoms with Gasteiger partial charge in [-0.3, -0.25) is 0 Å². The predicted octanol–water partition coefficient (Wildman–Crippen LogP) is 4.92. The summed E-state index contributed by atoms with van der Waals surface area (Å²) in [4.78, 5) is 0. The van der Waals surface area contributed by atoms with Crippen LogP contribution in [0, 0.1) is 0 Å². The van der Waals surface area contributed by atoms with E-state index in [1.165, 1.54) is 16.7 Å². The first-order valence-corrected chi connectivity index (χ1v) is 8.05. The summed E-state index contributed by atoms with van der Waals surface area (Å²) in [5.41, 5.74) is 4.73. The normalized spacial score (nSPS) is 10.5. The van der Waals surface area contributed by atoms with Crippen LogP contribution in [0.4, 0.5) is 0 Å². The topological polar surface area (TPSA) is 9.23 Å². The van der Waals surface area contributed by atoms with Crippen molar-refractivity contribution in [3.63, 3.8) is 0 Å². The van der Waals surface area contributed by atoms with Crippen molar-refractivity contribution in [1.29, 1.82) is 0 Å². The average molecular weight is 306 g/mol. The first kappa shape index (κ1) is 14.8. The van der Waals surface area contributed by atoms with Gasteiger partial charge in [-0.15, -0.1) is 9.24 Å². The SMILES string of the molecule is CCOc1c(P)ccc(-c2ccccc2)c1-c1ccccc1. The first-order chi connectivity index (χ1) is 10.8. The molecule has 1 unspecified atom stereocenters. The lowest BCUT2D eigenvalue weighted by molar-refractivity contribution is 0.344. The standard InChI is InChI=1S/C20H19OP/c1-2-21-20-18(22)14-13-17(15-9-5-3-6-10-15)19(20)16-11-7-4-8-12-16/h3-14H,2,22H2,1H3. The molecule has 110 valence electrons. The molecule has 0 aliphatic heterocycles. The van der Waals surface area contributed by atoms with Gasteiger partial charge in [0, 0.05) is 10.9 Å². The van der Waals surface area contributed by atoms with Gasteiger partial charge < -0.3 is 4.74 Å². The first-order valence-electron chi connectivity index (χ1n) is 7.47. The van der Waals surface area contributed by atoms with E-state index in [-0.39, 0.29) is 0 Å². The molecule has 0 aliphatic rings. The van der Waals surface area contributed by atoms with Crippen LogP contribution in [0.2, 0.25) is 0 Å². The van der Waals surface area contributed by atoms with Crippen LogP contribution in [0.5, 0.6) is 5.75 Å². The van der Waals surface area contributed by atoms with Crippen LogP contribution >= 0.6 is 9.24 Å². The molecule has 0 N–H and O–H groups in total. The summed E-state index contributed by atoms with van der Waals surface area (Å²) in [7, 11) is 2.78. The zero-order valence-electron chi connectivity index (χ0n) is 12.6. The van der Waals surface area contributed by atoms with Crippen molar-refractivity contribution in [2.45, 2.75) is 6.92 Å². The van der Waals surface area contributed by atoms with Gasteiger partial charge in [-0.2, -0.15) is 0 Å². The van der Waals surface area contributed by atoms with E-state index in [0.29, 0.717) is 6.61 Å². The molecule has 1 atom stereocenters. The molecule has 2 heteroatoms. The van der Waals surface area contributed by atoms with E-state index in [0.717, 1.165) is 16.6 Å². The molecule has 22 heavy (non-hydrogen) atoms. The Morgan fingerprint density at radius 3 is 1.95 bits per heavy atom. The van der Waals surface area contributed by atoms with Crippen LogP contribution in [0.25, 0.3) is 22.3 Å². The van der Waals surface area contributed by atoms with Gasteiger partial charge in [-0.05, 0) is 23.6 Å². The number of hydrogen-bond donors (Lipinski definition) is 0. The molecule has 3 aromatic rings. The Bertz CT molecular complexity index is 751. The van der Waals surface area contributed by atoms with Gasteiger partial charge in [0.05, 0.1) is 6.61 Å². The highest BCUT2D eigenvalue weighted by atomic mass is 31.0. The molecule has 0 heterocycles. The second-order valence-corrected chi connectivity index (χ2v) is 5.69. The van der Waals surface area contributed by atoms with Crippen molar-refractivity contribution >= 4 is 14.5 Å². The Morgan fingerprint density at radius 2 is 1.36 bits per heavy atom. The maximum Gasteiger partial charge on any atom is 0.134 e. The fraction of sp³-hybridized carbons (Fsp3) is 0.100. The minimum atomic E-state index is 0.652. The molecule has 0 aromatic heterocycles. The highest BCUT2D eigenvalue weighted by molar-refractivity contribution is 7.27. The van der Waals surface area contributed by atoms with Crippen LogP contribution in [-0.4, -0.2) is 6.61 Å². The minimum Gasteiger partial charge on any atom is -0.493 e. The van der Waals surface area contributed by atoms with Crippen molar-refractivity contribution in [2.75, 3.05) is 6.61 Å². The van der Waals surface area contributed by atoms with E-state index >= 15 is 0 Å². The maximum atomic E-state index is 5.96. The molecule has 0 saturated heterocycles. The van der Waals surface area contributed by atoms with Crippen molar-refractivity contribution in [3.05, 3.63) is 72.8 Å². The van der Waals surface area contributed by atoms with E-state index in [9.17, 15) is 0 Å². The summed E-state index contributed by atoms with van der Waals surface area (Å²) in [5, 5.41) is 1.08. The van der Waals surface area contributed by atoms with E-state index in [1.54, 1.807) is 0 Å². The summed E-state index contributed by atoms with van der Waals surface area (Å²) >= 11 is 0. The van der Waals surface area contributed by atoms with E-state index in [4.69, 9.17) is 4.74 Å². The fourth-order valence-electron chi connectivity index (χ4n) is 2.65. The Kier molecular flexibility index (Phi) is 4.56. The van der Waals surface area contributed by atoms with Gasteiger partial charge in [-0.1, -0.05) is 72.8 Å². The molecule has 0 amide bonds. The van der Waals surface area contributed by atoms with E-state index in [1.807, 2.05) is 19.1 Å². The molecule has 1 nitrogen and oxygen atoms in total. The van der Waals surface area contributed by atoms with Crippen molar-refractivity contribution in [2.24, 2.45) is 0 Å². The fourth-order valence-corrected chi connectivity index (χ4v) is 2.97. The average Bonchev–Trinajstić information content (AvgIpc) is 2.58. The zero-order valence-corrected chi connectivity index (χ0v) is 13.8. The number of ether oxygens (including phenoxy) is 1. The summed E-state index contributed by atoms with van der Waals surface area (Å²) in [6, 6.07) is 25.2. The van der Waals surface area contributed by atoms with Gasteiger partial charge >= 0.3 is 0 Å². The summed E-state index contributed by atoms with van der Waals surface area (Å²) in [6.45, 7) is 2.67. The molecule has 0 fully saturated rings. The van der Waals surface area contributed by atoms with Crippen molar-refractivity contribution in [1.82, 2.24) is 0 Å². The quantitative estimate of drug-likeness (QED) is 0.622. The monoisotopic (exact) mass is 306 g/mol. The maximum absolute atomic E-state index is 5.96. The Labute approximate surface area is 134 Å². The molecule has 0 radical (unpaired) electrons. The Balaban J connectivity index is 2.29. The largest absolute Gasteiger partial charge is 0.493 e. The lowest BCUT2D eigenvalue weighted by Crippen LogP contribution is -2.05. The third-order valence-corrected chi connectivity index (χ3v) is 4.08. The van der Waals surface area contributed by atoms with Crippen LogP contribution in [0.3, 0.4) is 0 Å². The van der Waals surface area contributed by atoms with Gasteiger partial charge in [0.1, 0.15) is 5.75 Å². The molecular weight excluding hydrogens is 287 g/mol. The summed E-state index contributed by atoms with van der Waals surface area (Å²) < 4.78 is 5.96. The number of benzene rings is 3. The van der Waals surface area contributed by atoms with Crippen LogP contribution in [-0.2, 0) is 0 Å². The lowest BCUT2D eigenvalue weighted by Gasteiger charge is -2.18. The predicted molar refractivity (Wildman–Crippen MR) is 97.8 cm³/mol. The van der Waals surface area contributed by atoms with Crippen LogP contribution in [0.1, 0.15) is 6.92 Å². The second-order valence-electron chi connectivity index (χ2n) is 5.07. The van der Waals surface area contributed by atoms with Gasteiger partial charge in [-0.25, -0.2) is 0 Å². The highest BCUT2D eigenvalue weighted by Crippen LogP contribution is 2.38. The molecule has 3 aromatic carbocycles. The third-order valence-electron chi connectivity index (χ3n) is 3.62. The molecular formula is C20H19OP. The highest BCUT2D eigenvalue weighted by Gasteiger charge is 2.15. The van der Waals surface area contributed by atoms with Crippen LogP contribution in [0.15, 0.2) is 72.8 Å².